The molecule has 1 saturated heterocycles. The van der Waals surface area contributed by atoms with E-state index in [0.29, 0.717) is 48.3 Å². The van der Waals surface area contributed by atoms with E-state index < -0.39 is 31.4 Å². The van der Waals surface area contributed by atoms with Gasteiger partial charge >= 0.3 is 6.03 Å². The Labute approximate surface area is 219 Å². The average Bonchev–Trinajstić information content (AvgIpc) is 2.84. The number of hydrogen-bond donors (Lipinski definition) is 3. The predicted octanol–water partition coefficient (Wildman–Crippen LogP) is 3.32. The predicted molar refractivity (Wildman–Crippen MR) is 145 cm³/mol. The molecule has 2 amide bonds. The molecular formula is C26H39N5O5S. The number of carbonyl (C=O) groups excluding carboxylic acids is 1. The van der Waals surface area contributed by atoms with Crippen LogP contribution in [0.4, 0.5) is 16.3 Å². The van der Waals surface area contributed by atoms with E-state index in [1.165, 1.54) is 0 Å². The molecular weight excluding hydrogens is 494 g/mol. The van der Waals surface area contributed by atoms with Gasteiger partial charge in [-0.05, 0) is 72.7 Å². The maximum absolute atomic E-state index is 13.3. The number of anilines is 2. The summed E-state index contributed by atoms with van der Waals surface area (Å²) in [6.07, 6.45) is 0. The second-order valence-corrected chi connectivity index (χ2v) is 13.9. The average molecular weight is 534 g/mol. The maximum Gasteiger partial charge on any atom is 0.319 e. The molecule has 1 atom stereocenters. The van der Waals surface area contributed by atoms with Gasteiger partial charge in [0, 0.05) is 23.9 Å². The summed E-state index contributed by atoms with van der Waals surface area (Å²) in [6, 6.07) is 8.42. The van der Waals surface area contributed by atoms with Crippen molar-refractivity contribution in [1.82, 2.24) is 15.3 Å². The monoisotopic (exact) mass is 533 g/mol. The van der Waals surface area contributed by atoms with E-state index >= 15 is 0 Å². The van der Waals surface area contributed by atoms with Crippen molar-refractivity contribution in [3.05, 3.63) is 36.0 Å². The Balaban J connectivity index is 2.00. The molecule has 37 heavy (non-hydrogen) atoms. The number of hydrogen-bond acceptors (Lipinski definition) is 8. The van der Waals surface area contributed by atoms with Crippen molar-refractivity contribution >= 4 is 27.4 Å². The molecule has 3 N–H and O–H groups in total. The highest BCUT2D eigenvalue weighted by molar-refractivity contribution is 7.92. The number of aliphatic hydroxyl groups is 1. The summed E-state index contributed by atoms with van der Waals surface area (Å²) in [5.74, 6) is 1.05. The van der Waals surface area contributed by atoms with Crippen LogP contribution in [0.3, 0.4) is 0 Å². The molecule has 11 heteroatoms. The molecule has 0 radical (unpaired) electrons. The highest BCUT2D eigenvalue weighted by Crippen LogP contribution is 2.35. The second-order valence-electron chi connectivity index (χ2n) is 10.9. The lowest BCUT2D eigenvalue weighted by molar-refractivity contribution is 0.0985. The summed E-state index contributed by atoms with van der Waals surface area (Å²) in [7, 11) is -3.53. The van der Waals surface area contributed by atoms with Crippen molar-refractivity contribution in [2.75, 3.05) is 36.6 Å². The number of nitrogens with zero attached hydrogens (tertiary/aromatic N) is 3. The van der Waals surface area contributed by atoms with Crippen molar-refractivity contribution < 1.29 is 23.1 Å². The van der Waals surface area contributed by atoms with Crippen LogP contribution in [0.2, 0.25) is 0 Å². The SMILES string of the molecule is CC(C)S(=O)(=O)C(C)(C)c1cc(N2CCOC[C@@H]2C)nc(-c2ccc(NC(=O)NC(C)(C)CO)cc2)n1. The Morgan fingerprint density at radius 1 is 1.19 bits per heavy atom. The lowest BCUT2D eigenvalue weighted by Gasteiger charge is -2.35. The Bertz CT molecular complexity index is 1210. The fourth-order valence-corrected chi connectivity index (χ4v) is 5.61. The fraction of sp³-hybridized carbons (Fsp3) is 0.577. The van der Waals surface area contributed by atoms with E-state index in [0.717, 1.165) is 0 Å². The minimum atomic E-state index is -3.53. The number of benzene rings is 1. The molecule has 10 nitrogen and oxygen atoms in total. The van der Waals surface area contributed by atoms with Gasteiger partial charge < -0.3 is 25.4 Å². The van der Waals surface area contributed by atoms with Gasteiger partial charge in [0.05, 0.1) is 42.3 Å². The van der Waals surface area contributed by atoms with E-state index in [9.17, 15) is 18.3 Å². The highest BCUT2D eigenvalue weighted by Gasteiger charge is 2.40. The van der Waals surface area contributed by atoms with Gasteiger partial charge in [0.25, 0.3) is 0 Å². The highest BCUT2D eigenvalue weighted by atomic mass is 32.2. The van der Waals surface area contributed by atoms with Gasteiger partial charge in [0.15, 0.2) is 15.7 Å². The van der Waals surface area contributed by atoms with E-state index in [1.807, 2.05) is 6.92 Å². The number of aliphatic hydroxyl groups excluding tert-OH is 1. The van der Waals surface area contributed by atoms with Crippen LogP contribution in [0.5, 0.6) is 0 Å². The Morgan fingerprint density at radius 3 is 2.41 bits per heavy atom. The third-order valence-corrected chi connectivity index (χ3v) is 9.44. The second kappa shape index (κ2) is 10.9. The number of carbonyl (C=O) groups is 1. The normalized spacial score (nSPS) is 17.1. The van der Waals surface area contributed by atoms with E-state index in [2.05, 4.69) is 15.5 Å². The van der Waals surface area contributed by atoms with Crippen LogP contribution in [-0.4, -0.2) is 72.7 Å². The summed E-state index contributed by atoms with van der Waals surface area (Å²) < 4.78 is 30.9. The number of morpholine rings is 1. The number of rotatable bonds is 8. The zero-order chi connectivity index (χ0) is 27.6. The van der Waals surface area contributed by atoms with E-state index in [-0.39, 0.29) is 12.6 Å². The van der Waals surface area contributed by atoms with Crippen molar-refractivity contribution in [2.24, 2.45) is 0 Å². The van der Waals surface area contributed by atoms with Crippen molar-refractivity contribution in [3.8, 4) is 11.4 Å². The first-order valence-corrected chi connectivity index (χ1v) is 14.0. The third kappa shape index (κ3) is 6.39. The molecule has 3 rings (SSSR count). The Hall–Kier alpha value is -2.76. The Kier molecular flexibility index (Phi) is 8.50. The first kappa shape index (κ1) is 28.8. The first-order chi connectivity index (χ1) is 17.2. The largest absolute Gasteiger partial charge is 0.394 e. The van der Waals surface area contributed by atoms with Crippen LogP contribution >= 0.6 is 0 Å². The smallest absolute Gasteiger partial charge is 0.319 e. The van der Waals surface area contributed by atoms with Crippen LogP contribution in [0, 0.1) is 0 Å². The molecule has 0 bridgehead atoms. The van der Waals surface area contributed by atoms with Crippen molar-refractivity contribution in [3.63, 3.8) is 0 Å². The third-order valence-electron chi connectivity index (χ3n) is 6.57. The molecule has 2 aromatic rings. The zero-order valence-corrected chi connectivity index (χ0v) is 23.5. The zero-order valence-electron chi connectivity index (χ0n) is 22.7. The van der Waals surface area contributed by atoms with Gasteiger partial charge in [-0.1, -0.05) is 0 Å². The minimum absolute atomic E-state index is 0.0717. The van der Waals surface area contributed by atoms with E-state index in [1.54, 1.807) is 71.9 Å². The maximum atomic E-state index is 13.3. The lowest BCUT2D eigenvalue weighted by atomic mass is 10.1. The number of sulfone groups is 1. The van der Waals surface area contributed by atoms with Gasteiger partial charge in [0.2, 0.25) is 0 Å². The lowest BCUT2D eigenvalue weighted by Crippen LogP contribution is -2.48. The van der Waals surface area contributed by atoms with Crippen LogP contribution in [-0.2, 0) is 19.3 Å². The molecule has 1 fully saturated rings. The van der Waals surface area contributed by atoms with Crippen molar-refractivity contribution in [1.29, 1.82) is 0 Å². The first-order valence-electron chi connectivity index (χ1n) is 12.5. The molecule has 1 aliphatic heterocycles. The molecule has 1 aromatic heterocycles. The van der Waals surface area contributed by atoms with Crippen LogP contribution < -0.4 is 15.5 Å². The quantitative estimate of drug-likeness (QED) is 0.471. The molecule has 204 valence electrons. The van der Waals surface area contributed by atoms with Crippen LogP contribution in [0.25, 0.3) is 11.4 Å². The van der Waals surface area contributed by atoms with Gasteiger partial charge in [-0.3, -0.25) is 0 Å². The summed E-state index contributed by atoms with van der Waals surface area (Å²) in [5.41, 5.74) is 0.904. The summed E-state index contributed by atoms with van der Waals surface area (Å²) >= 11 is 0. The number of nitrogens with one attached hydrogen (secondary N) is 2. The van der Waals surface area contributed by atoms with Crippen molar-refractivity contribution in [2.45, 2.75) is 70.0 Å². The molecule has 0 aliphatic carbocycles. The standard InChI is InChI=1S/C26H39N5O5S/c1-17(2)37(34,35)26(6,7)21-14-22(31-12-13-36-15-18(31)3)29-23(28-21)19-8-10-20(11-9-19)27-24(33)30-25(4,5)16-32/h8-11,14,17-18,32H,12-13,15-16H2,1-7H3,(H2,27,30,33)/t18-/m0/s1. The number of aromatic nitrogens is 2. The summed E-state index contributed by atoms with van der Waals surface area (Å²) in [5, 5.41) is 14.2. The summed E-state index contributed by atoms with van der Waals surface area (Å²) in [6.45, 7) is 13.7. The van der Waals surface area contributed by atoms with Crippen LogP contribution in [0.1, 0.15) is 54.2 Å². The molecule has 0 unspecified atom stereocenters. The van der Waals surface area contributed by atoms with Gasteiger partial charge in [-0.2, -0.15) is 0 Å². The van der Waals surface area contributed by atoms with Gasteiger partial charge in [-0.15, -0.1) is 0 Å². The van der Waals surface area contributed by atoms with E-state index in [4.69, 9.17) is 14.7 Å². The van der Waals surface area contributed by atoms with Gasteiger partial charge in [0.1, 0.15) is 10.6 Å². The number of ether oxygens (including phenoxy) is 1. The molecule has 0 spiro atoms. The van der Waals surface area contributed by atoms with Crippen LogP contribution in [0.15, 0.2) is 30.3 Å². The fourth-order valence-electron chi connectivity index (χ4n) is 4.03. The molecule has 2 heterocycles. The number of amides is 2. The number of urea groups is 1. The van der Waals surface area contributed by atoms with Gasteiger partial charge in [-0.25, -0.2) is 23.2 Å². The topological polar surface area (TPSA) is 134 Å². The minimum Gasteiger partial charge on any atom is -0.394 e. The Morgan fingerprint density at radius 2 is 1.84 bits per heavy atom. The molecule has 0 saturated carbocycles. The molecule has 1 aliphatic rings. The summed E-state index contributed by atoms with van der Waals surface area (Å²) in [4.78, 5) is 23.9. The molecule has 1 aromatic carbocycles.